The molecule has 0 amide bonds. The average Bonchev–Trinajstić information content (AvgIpc) is 2.83. The molecule has 4 aromatic rings. The Bertz CT molecular complexity index is 1290. The van der Waals surface area contributed by atoms with Crippen LogP contribution in [0.15, 0.2) is 65.5 Å². The largest absolute Gasteiger partial charge is 0.276 e. The second kappa shape index (κ2) is 5.26. The summed E-state index contributed by atoms with van der Waals surface area (Å²) in [6.45, 7) is 0. The molecule has 5 nitrogen and oxygen atoms in total. The molecule has 0 atom stereocenters. The number of nitro benzene ring substituents is 1. The molecule has 3 aromatic carbocycles. The summed E-state index contributed by atoms with van der Waals surface area (Å²) in [7, 11) is 0. The Balaban J connectivity index is 2.06. The molecule has 0 N–H and O–H groups in total. The monoisotopic (exact) mass is 342 g/mol. The fourth-order valence-corrected chi connectivity index (χ4v) is 3.99. The molecule has 0 aliphatic carbocycles. The summed E-state index contributed by atoms with van der Waals surface area (Å²) in [5, 5.41) is 13.3. The summed E-state index contributed by atoms with van der Waals surface area (Å²) in [6, 6.07) is 18.5. The summed E-state index contributed by atoms with van der Waals surface area (Å²) in [5.74, 6) is 0. The molecule has 0 saturated carbocycles. The summed E-state index contributed by atoms with van der Waals surface area (Å²) < 4.78 is 1.74. The summed E-state index contributed by atoms with van der Waals surface area (Å²) >= 11 is 0. The van der Waals surface area contributed by atoms with Crippen LogP contribution in [0.3, 0.4) is 0 Å². The number of hydrogen-bond acceptors (Lipinski definition) is 3. The van der Waals surface area contributed by atoms with Crippen molar-refractivity contribution in [1.29, 1.82) is 0 Å². The van der Waals surface area contributed by atoms with Gasteiger partial charge in [0.05, 0.1) is 21.5 Å². The molecule has 0 unspecified atom stereocenters. The van der Waals surface area contributed by atoms with Gasteiger partial charge in [0, 0.05) is 17.5 Å². The van der Waals surface area contributed by atoms with Gasteiger partial charge in [-0.3, -0.25) is 19.5 Å². The molecular formula is C21H14N2O3. The number of non-ortho nitro benzene ring substituents is 1. The third kappa shape index (κ3) is 1.94. The zero-order valence-corrected chi connectivity index (χ0v) is 13.8. The highest BCUT2D eigenvalue weighted by molar-refractivity contribution is 6.07. The van der Waals surface area contributed by atoms with Crippen molar-refractivity contribution in [2.45, 2.75) is 12.8 Å². The van der Waals surface area contributed by atoms with Crippen LogP contribution in [0, 0.1) is 10.1 Å². The van der Waals surface area contributed by atoms with Crippen LogP contribution in [0.4, 0.5) is 5.69 Å². The highest BCUT2D eigenvalue weighted by Crippen LogP contribution is 2.33. The van der Waals surface area contributed by atoms with E-state index in [0.717, 1.165) is 45.9 Å². The Hall–Kier alpha value is -3.47. The smallest absolute Gasteiger partial charge is 0.270 e. The average molecular weight is 342 g/mol. The number of nitrogens with zero attached hydrogens (tertiary/aromatic N) is 2. The SMILES string of the molecule is O=c1c2cc([N+](=O)[O-])ccc2c2cccc3c2n1-c1ccccc1CC3. The van der Waals surface area contributed by atoms with Crippen LogP contribution >= 0.6 is 0 Å². The molecule has 126 valence electrons. The number of fused-ring (bicyclic) bond motifs is 4. The lowest BCUT2D eigenvalue weighted by Crippen LogP contribution is -2.20. The first-order valence-electron chi connectivity index (χ1n) is 8.48. The maximum absolute atomic E-state index is 13.4. The predicted octanol–water partition coefficient (Wildman–Crippen LogP) is 4.15. The number of para-hydroxylation sites is 2. The quantitative estimate of drug-likeness (QED) is 0.296. The first-order valence-corrected chi connectivity index (χ1v) is 8.48. The van der Waals surface area contributed by atoms with Gasteiger partial charge in [-0.15, -0.1) is 0 Å². The lowest BCUT2D eigenvalue weighted by Gasteiger charge is -2.15. The summed E-state index contributed by atoms with van der Waals surface area (Å²) in [6.07, 6.45) is 1.71. The Morgan fingerprint density at radius 1 is 0.846 bits per heavy atom. The van der Waals surface area contributed by atoms with Gasteiger partial charge in [0.1, 0.15) is 0 Å². The molecule has 5 rings (SSSR count). The van der Waals surface area contributed by atoms with Crippen LogP contribution < -0.4 is 5.56 Å². The minimum Gasteiger partial charge on any atom is -0.276 e. The molecule has 1 aromatic heterocycles. The van der Waals surface area contributed by atoms with Crippen molar-refractivity contribution in [2.75, 3.05) is 0 Å². The molecule has 0 saturated heterocycles. The minimum absolute atomic E-state index is 0.0696. The Morgan fingerprint density at radius 3 is 2.46 bits per heavy atom. The van der Waals surface area contributed by atoms with E-state index in [0.29, 0.717) is 5.39 Å². The van der Waals surface area contributed by atoms with Crippen molar-refractivity contribution in [3.63, 3.8) is 0 Å². The maximum atomic E-state index is 13.4. The zero-order chi connectivity index (χ0) is 17.8. The van der Waals surface area contributed by atoms with Gasteiger partial charge in [0.25, 0.3) is 11.2 Å². The number of aryl methyl sites for hydroxylation is 2. The molecule has 5 heteroatoms. The molecule has 0 radical (unpaired) electrons. The van der Waals surface area contributed by atoms with E-state index >= 15 is 0 Å². The fraction of sp³-hybridized carbons (Fsp3) is 0.0952. The number of rotatable bonds is 1. The van der Waals surface area contributed by atoms with E-state index in [9.17, 15) is 14.9 Å². The second-order valence-electron chi connectivity index (χ2n) is 6.57. The zero-order valence-electron chi connectivity index (χ0n) is 13.8. The Morgan fingerprint density at radius 2 is 1.62 bits per heavy atom. The van der Waals surface area contributed by atoms with Gasteiger partial charge in [-0.25, -0.2) is 0 Å². The van der Waals surface area contributed by atoms with Crippen LogP contribution in [-0.2, 0) is 12.8 Å². The topological polar surface area (TPSA) is 65.1 Å². The Kier molecular flexibility index (Phi) is 3.00. The van der Waals surface area contributed by atoms with Crippen molar-refractivity contribution in [3.8, 4) is 5.69 Å². The number of benzene rings is 3. The first kappa shape index (κ1) is 14.8. The number of aromatic nitrogens is 1. The van der Waals surface area contributed by atoms with E-state index in [4.69, 9.17) is 0 Å². The molecule has 2 heterocycles. The van der Waals surface area contributed by atoms with Crippen LogP contribution in [0.2, 0.25) is 0 Å². The van der Waals surface area contributed by atoms with Gasteiger partial charge in [-0.2, -0.15) is 0 Å². The van der Waals surface area contributed by atoms with Gasteiger partial charge in [0.2, 0.25) is 0 Å². The van der Waals surface area contributed by atoms with E-state index < -0.39 is 4.92 Å². The van der Waals surface area contributed by atoms with E-state index in [1.54, 1.807) is 10.6 Å². The van der Waals surface area contributed by atoms with Gasteiger partial charge < -0.3 is 0 Å². The van der Waals surface area contributed by atoms with Crippen molar-refractivity contribution in [3.05, 3.63) is 92.3 Å². The molecule has 0 bridgehead atoms. The fourth-order valence-electron chi connectivity index (χ4n) is 3.99. The van der Waals surface area contributed by atoms with Gasteiger partial charge >= 0.3 is 0 Å². The third-order valence-corrected chi connectivity index (χ3v) is 5.18. The number of pyridine rings is 1. The van der Waals surface area contributed by atoms with Crippen molar-refractivity contribution < 1.29 is 4.92 Å². The standard InChI is InChI=1S/C21H14N2O3/c24-21-18-12-15(23(25)26)10-11-16(18)17-6-3-5-14-9-8-13-4-1-2-7-19(13)22(21)20(14)17/h1-7,10-12H,8-9H2. The van der Waals surface area contributed by atoms with E-state index in [1.165, 1.54) is 12.1 Å². The first-order chi connectivity index (χ1) is 12.6. The van der Waals surface area contributed by atoms with Gasteiger partial charge in [0.15, 0.2) is 0 Å². The molecule has 1 aliphatic heterocycles. The minimum atomic E-state index is -0.462. The van der Waals surface area contributed by atoms with E-state index in [-0.39, 0.29) is 11.2 Å². The van der Waals surface area contributed by atoms with Gasteiger partial charge in [-0.05, 0) is 41.5 Å². The lowest BCUT2D eigenvalue weighted by molar-refractivity contribution is -0.384. The highest BCUT2D eigenvalue weighted by atomic mass is 16.6. The number of hydrogen-bond donors (Lipinski definition) is 0. The van der Waals surface area contributed by atoms with E-state index in [2.05, 4.69) is 6.07 Å². The van der Waals surface area contributed by atoms with Crippen LogP contribution in [0.5, 0.6) is 0 Å². The maximum Gasteiger partial charge on any atom is 0.270 e. The second-order valence-corrected chi connectivity index (χ2v) is 6.57. The molecule has 0 fully saturated rings. The third-order valence-electron chi connectivity index (χ3n) is 5.18. The molecule has 1 aliphatic rings. The van der Waals surface area contributed by atoms with Crippen LogP contribution in [0.1, 0.15) is 11.1 Å². The normalized spacial score (nSPS) is 12.8. The lowest BCUT2D eigenvalue weighted by atomic mass is 10.0. The summed E-state index contributed by atoms with van der Waals surface area (Å²) in [4.78, 5) is 24.1. The Labute approximate surface area is 148 Å². The predicted molar refractivity (Wildman–Crippen MR) is 101 cm³/mol. The van der Waals surface area contributed by atoms with Crippen molar-refractivity contribution >= 4 is 27.4 Å². The highest BCUT2D eigenvalue weighted by Gasteiger charge is 2.21. The van der Waals surface area contributed by atoms with Crippen molar-refractivity contribution in [2.24, 2.45) is 0 Å². The van der Waals surface area contributed by atoms with Gasteiger partial charge in [-0.1, -0.05) is 36.4 Å². The molecule has 26 heavy (non-hydrogen) atoms. The van der Waals surface area contributed by atoms with Crippen LogP contribution in [0.25, 0.3) is 27.4 Å². The number of nitro groups is 1. The van der Waals surface area contributed by atoms with Crippen molar-refractivity contribution in [1.82, 2.24) is 4.57 Å². The van der Waals surface area contributed by atoms with Crippen LogP contribution in [-0.4, -0.2) is 9.49 Å². The summed E-state index contributed by atoms with van der Waals surface area (Å²) in [5.41, 5.74) is 3.72. The molecular weight excluding hydrogens is 328 g/mol. The molecule has 0 spiro atoms. The van der Waals surface area contributed by atoms with E-state index in [1.807, 2.05) is 36.4 Å².